The monoisotopic (exact) mass is 505 g/mol. The van der Waals surface area contributed by atoms with E-state index in [-0.39, 0.29) is 26.4 Å². The van der Waals surface area contributed by atoms with E-state index in [4.69, 9.17) is 18.4 Å². The number of benzene rings is 2. The molecule has 9 heteroatoms. The smallest absolute Gasteiger partial charge is 0.407 e. The lowest BCUT2D eigenvalue weighted by atomic mass is 10.1. The minimum atomic E-state index is -3.73. The molecule has 0 saturated carbocycles. The topological polar surface area (TPSA) is 100 Å². The van der Waals surface area contributed by atoms with Gasteiger partial charge in [0.25, 0.3) is 10.1 Å². The van der Waals surface area contributed by atoms with Gasteiger partial charge in [-0.2, -0.15) is 8.42 Å². The number of carbonyl (C=O) groups excluding carboxylic acids is 1. The minimum absolute atomic E-state index is 0.0401. The zero-order valence-corrected chi connectivity index (χ0v) is 21.5. The second kappa shape index (κ2) is 13.4. The summed E-state index contributed by atoms with van der Waals surface area (Å²) < 4.78 is 46.0. The third kappa shape index (κ3) is 12.0. The molecule has 2 aromatic carbocycles. The lowest BCUT2D eigenvalue weighted by Gasteiger charge is -2.29. The van der Waals surface area contributed by atoms with Crippen LogP contribution >= 0.6 is 0 Å². The Morgan fingerprint density at radius 2 is 1.46 bits per heavy atom. The van der Waals surface area contributed by atoms with Crippen molar-refractivity contribution in [2.75, 3.05) is 19.4 Å². The van der Waals surface area contributed by atoms with Gasteiger partial charge >= 0.3 is 6.09 Å². The molecular formula is C26H35NO7S. The average molecular weight is 506 g/mol. The van der Waals surface area contributed by atoms with Crippen molar-refractivity contribution >= 4 is 16.2 Å². The molecule has 0 spiro atoms. The van der Waals surface area contributed by atoms with Crippen molar-refractivity contribution in [3.63, 3.8) is 0 Å². The van der Waals surface area contributed by atoms with E-state index in [0.717, 1.165) is 17.4 Å². The fourth-order valence-electron chi connectivity index (χ4n) is 3.04. The van der Waals surface area contributed by atoms with Crippen molar-refractivity contribution in [2.24, 2.45) is 0 Å². The van der Waals surface area contributed by atoms with Crippen LogP contribution in [0.5, 0.6) is 0 Å². The third-order valence-electron chi connectivity index (χ3n) is 4.62. The largest absolute Gasteiger partial charge is 0.444 e. The van der Waals surface area contributed by atoms with Crippen molar-refractivity contribution in [1.29, 1.82) is 0 Å². The van der Waals surface area contributed by atoms with E-state index >= 15 is 0 Å². The predicted octanol–water partition coefficient (Wildman–Crippen LogP) is 4.21. The Morgan fingerprint density at radius 1 is 0.943 bits per heavy atom. The van der Waals surface area contributed by atoms with E-state index in [1.54, 1.807) is 20.8 Å². The molecule has 0 saturated heterocycles. The lowest BCUT2D eigenvalue weighted by Crippen LogP contribution is -2.41. The first-order valence-corrected chi connectivity index (χ1v) is 13.0. The summed E-state index contributed by atoms with van der Waals surface area (Å²) in [6.07, 6.45) is -1.23. The second-order valence-corrected chi connectivity index (χ2v) is 10.7. The van der Waals surface area contributed by atoms with Crippen molar-refractivity contribution in [1.82, 2.24) is 5.32 Å². The molecule has 0 radical (unpaired) electrons. The highest BCUT2D eigenvalue weighted by Gasteiger charge is 2.28. The summed E-state index contributed by atoms with van der Waals surface area (Å²) in [7, 11) is -3.73. The molecule has 35 heavy (non-hydrogen) atoms. The Kier molecular flexibility index (Phi) is 10.9. The minimum Gasteiger partial charge on any atom is -0.444 e. The summed E-state index contributed by atoms with van der Waals surface area (Å²) in [5.74, 6) is 0. The molecule has 2 rings (SSSR count). The van der Waals surface area contributed by atoms with E-state index in [9.17, 15) is 13.2 Å². The number of carbonyl (C=O) groups is 1. The highest BCUT2D eigenvalue weighted by molar-refractivity contribution is 7.85. The molecule has 2 atom stereocenters. The Morgan fingerprint density at radius 3 is 1.94 bits per heavy atom. The van der Waals surface area contributed by atoms with Crippen LogP contribution in [0, 0.1) is 0 Å². The Hall–Kier alpha value is -2.72. The first-order valence-electron chi connectivity index (χ1n) is 11.2. The number of amides is 1. The normalized spacial score (nSPS) is 13.6. The van der Waals surface area contributed by atoms with Crippen LogP contribution in [0.2, 0.25) is 0 Å². The van der Waals surface area contributed by atoms with E-state index in [1.807, 2.05) is 60.7 Å². The predicted molar refractivity (Wildman–Crippen MR) is 134 cm³/mol. The quantitative estimate of drug-likeness (QED) is 0.321. The lowest BCUT2D eigenvalue weighted by molar-refractivity contribution is -0.0846. The summed E-state index contributed by atoms with van der Waals surface area (Å²) >= 11 is 0. The maximum absolute atomic E-state index is 12.2. The number of hydrogen-bond acceptors (Lipinski definition) is 7. The van der Waals surface area contributed by atoms with Crippen molar-refractivity contribution in [2.45, 2.75) is 51.8 Å². The van der Waals surface area contributed by atoms with E-state index in [1.165, 1.54) is 0 Å². The summed E-state index contributed by atoms with van der Waals surface area (Å²) in [4.78, 5) is 12.2. The van der Waals surface area contributed by atoms with E-state index < -0.39 is 34.0 Å². The van der Waals surface area contributed by atoms with Gasteiger partial charge in [-0.25, -0.2) is 4.79 Å². The molecule has 2 aromatic rings. The SMILES string of the molecule is C=C(CNC(=O)OC(C)(C)C)[C@@H](OCc1ccccc1)[C@@H](COS(C)(=O)=O)OCc1ccccc1. The standard InChI is InChI=1S/C26H35NO7S/c1-20(16-27-25(28)34-26(2,3)4)24(32-18-22-14-10-7-11-15-22)23(19-33-35(5,29)30)31-17-21-12-8-6-9-13-21/h6-15,23-24H,1,16-19H2,2-5H3,(H,27,28)/t23-,24-/m1/s1. The van der Waals surface area contributed by atoms with Gasteiger partial charge in [0.1, 0.15) is 17.8 Å². The van der Waals surface area contributed by atoms with E-state index in [0.29, 0.717) is 5.57 Å². The van der Waals surface area contributed by atoms with Gasteiger partial charge in [0, 0.05) is 6.54 Å². The number of ether oxygens (including phenoxy) is 3. The maximum atomic E-state index is 12.2. The summed E-state index contributed by atoms with van der Waals surface area (Å²) in [5, 5.41) is 2.66. The van der Waals surface area contributed by atoms with Gasteiger partial charge in [-0.15, -0.1) is 0 Å². The molecule has 1 amide bonds. The molecule has 0 aliphatic heterocycles. The number of nitrogens with one attached hydrogen (secondary N) is 1. The molecule has 0 aliphatic carbocycles. The third-order valence-corrected chi connectivity index (χ3v) is 5.19. The van der Waals surface area contributed by atoms with Gasteiger partial charge in [0.15, 0.2) is 0 Å². The fraction of sp³-hybridized carbons (Fsp3) is 0.423. The molecule has 1 N–H and O–H groups in total. The number of alkyl carbamates (subject to hydrolysis) is 1. The molecule has 0 aromatic heterocycles. The van der Waals surface area contributed by atoms with Crippen LogP contribution in [0.15, 0.2) is 72.8 Å². The Labute approximate surface area is 208 Å². The van der Waals surface area contributed by atoms with Crippen LogP contribution in [0.4, 0.5) is 4.79 Å². The van der Waals surface area contributed by atoms with Crippen molar-refractivity contribution in [3.8, 4) is 0 Å². The van der Waals surface area contributed by atoms with Crippen LogP contribution in [0.25, 0.3) is 0 Å². The molecule has 0 fully saturated rings. The molecular weight excluding hydrogens is 470 g/mol. The highest BCUT2D eigenvalue weighted by atomic mass is 32.2. The number of rotatable bonds is 13. The zero-order chi connectivity index (χ0) is 25.9. The average Bonchev–Trinajstić information content (AvgIpc) is 2.78. The fourth-order valence-corrected chi connectivity index (χ4v) is 3.42. The molecule has 0 aliphatic rings. The summed E-state index contributed by atoms with van der Waals surface area (Å²) in [5.41, 5.74) is 1.63. The second-order valence-electron chi connectivity index (χ2n) is 9.05. The first-order chi connectivity index (χ1) is 16.4. The van der Waals surface area contributed by atoms with Gasteiger partial charge in [0.2, 0.25) is 0 Å². The maximum Gasteiger partial charge on any atom is 0.407 e. The summed E-state index contributed by atoms with van der Waals surface area (Å²) in [6, 6.07) is 18.9. The van der Waals surface area contributed by atoms with Crippen LogP contribution in [-0.4, -0.2) is 51.7 Å². The Balaban J connectivity index is 2.19. The van der Waals surface area contributed by atoms with E-state index in [2.05, 4.69) is 11.9 Å². The van der Waals surface area contributed by atoms with Gasteiger partial charge in [-0.05, 0) is 37.5 Å². The van der Waals surface area contributed by atoms with Crippen LogP contribution in [-0.2, 0) is 41.7 Å². The molecule has 192 valence electrons. The molecule has 8 nitrogen and oxygen atoms in total. The van der Waals surface area contributed by atoms with Crippen LogP contribution < -0.4 is 5.32 Å². The Bertz CT molecular complexity index is 1030. The van der Waals surface area contributed by atoms with Gasteiger partial charge in [-0.1, -0.05) is 67.2 Å². The summed E-state index contributed by atoms with van der Waals surface area (Å²) in [6.45, 7) is 9.56. The van der Waals surface area contributed by atoms with Crippen molar-refractivity contribution in [3.05, 3.63) is 83.9 Å². The molecule has 0 bridgehead atoms. The van der Waals surface area contributed by atoms with Gasteiger partial charge in [-0.3, -0.25) is 4.18 Å². The molecule has 0 unspecified atom stereocenters. The number of hydrogen-bond donors (Lipinski definition) is 1. The van der Waals surface area contributed by atoms with Gasteiger partial charge in [0.05, 0.1) is 26.1 Å². The van der Waals surface area contributed by atoms with Crippen LogP contribution in [0.1, 0.15) is 31.9 Å². The highest BCUT2D eigenvalue weighted by Crippen LogP contribution is 2.19. The molecule has 0 heterocycles. The van der Waals surface area contributed by atoms with Gasteiger partial charge < -0.3 is 19.5 Å². The van der Waals surface area contributed by atoms with Crippen molar-refractivity contribution < 1.29 is 31.6 Å². The zero-order valence-electron chi connectivity index (χ0n) is 20.7. The van der Waals surface area contributed by atoms with Crippen LogP contribution in [0.3, 0.4) is 0 Å². The first kappa shape index (κ1) is 28.5.